The van der Waals surface area contributed by atoms with Crippen LogP contribution in [0.3, 0.4) is 0 Å². The highest BCUT2D eigenvalue weighted by Crippen LogP contribution is 2.40. The molecule has 0 fully saturated rings. The molecule has 0 aliphatic carbocycles. The van der Waals surface area contributed by atoms with E-state index < -0.39 is 12.3 Å². The number of rotatable bonds is 7. The van der Waals surface area contributed by atoms with Crippen LogP contribution in [0.15, 0.2) is 67.1 Å². The number of carbonyl (C=O) groups excluding carboxylic acids is 1. The van der Waals surface area contributed by atoms with E-state index in [2.05, 4.69) is 25.9 Å². The summed E-state index contributed by atoms with van der Waals surface area (Å²) >= 11 is 0. The van der Waals surface area contributed by atoms with Crippen LogP contribution in [-0.4, -0.2) is 44.3 Å². The van der Waals surface area contributed by atoms with E-state index in [1.54, 1.807) is 61.6 Å². The predicted molar refractivity (Wildman–Crippen MR) is 135 cm³/mol. The lowest BCUT2D eigenvalue weighted by Gasteiger charge is -2.16. The minimum atomic E-state index is -0.916. The van der Waals surface area contributed by atoms with Crippen LogP contribution in [0, 0.1) is 0 Å². The van der Waals surface area contributed by atoms with Gasteiger partial charge in [0, 0.05) is 42.3 Å². The molecular formula is C26H26N6O4. The lowest BCUT2D eigenvalue weighted by atomic mass is 10.0. The van der Waals surface area contributed by atoms with Crippen molar-refractivity contribution in [2.45, 2.75) is 12.3 Å². The number of imidazole rings is 1. The standard InChI is InChI=1S/C26H26N6O4/c1-32-11-10-27-24(32)22(34)14-29-25(35)16-5-7-19-20(13-16)31-23(30-19)18-12-15(6-8-21(18)33)17-4-3-9-28-26(17)36-2/h3-13,22-23,30-31,33-34H,14H2,1-2H3,(H,29,35). The largest absolute Gasteiger partial charge is 0.508 e. The molecule has 1 aliphatic rings. The number of benzene rings is 2. The number of phenolic OH excluding ortho intramolecular Hbond substituents is 1. The van der Waals surface area contributed by atoms with Crippen molar-refractivity contribution in [3.8, 4) is 22.8 Å². The van der Waals surface area contributed by atoms with Gasteiger partial charge >= 0.3 is 0 Å². The topological polar surface area (TPSA) is 134 Å². The molecule has 0 radical (unpaired) electrons. The van der Waals surface area contributed by atoms with Crippen molar-refractivity contribution in [2.24, 2.45) is 7.05 Å². The van der Waals surface area contributed by atoms with Gasteiger partial charge in [0.1, 0.15) is 23.8 Å². The second-order valence-electron chi connectivity index (χ2n) is 8.44. The van der Waals surface area contributed by atoms with Gasteiger partial charge in [0.2, 0.25) is 5.88 Å². The highest BCUT2D eigenvalue weighted by Gasteiger charge is 2.25. The fourth-order valence-corrected chi connectivity index (χ4v) is 4.24. The molecule has 2 unspecified atom stereocenters. The molecule has 0 saturated heterocycles. The van der Waals surface area contributed by atoms with Crippen LogP contribution in [0.2, 0.25) is 0 Å². The molecule has 0 bridgehead atoms. The number of anilines is 2. The van der Waals surface area contributed by atoms with Crippen molar-refractivity contribution in [1.82, 2.24) is 19.9 Å². The van der Waals surface area contributed by atoms with E-state index >= 15 is 0 Å². The molecule has 1 amide bonds. The van der Waals surface area contributed by atoms with E-state index in [1.165, 1.54) is 0 Å². The Morgan fingerprint density at radius 3 is 2.75 bits per heavy atom. The van der Waals surface area contributed by atoms with E-state index in [0.29, 0.717) is 22.8 Å². The van der Waals surface area contributed by atoms with Gasteiger partial charge in [0.25, 0.3) is 5.91 Å². The van der Waals surface area contributed by atoms with E-state index in [4.69, 9.17) is 4.74 Å². The first-order chi connectivity index (χ1) is 17.4. The Kier molecular flexibility index (Phi) is 6.17. The van der Waals surface area contributed by atoms with Gasteiger partial charge in [0.05, 0.1) is 25.0 Å². The van der Waals surface area contributed by atoms with Crippen molar-refractivity contribution in [2.75, 3.05) is 24.3 Å². The predicted octanol–water partition coefficient (Wildman–Crippen LogP) is 3.20. The molecule has 2 aromatic carbocycles. The second-order valence-corrected chi connectivity index (χ2v) is 8.44. The summed E-state index contributed by atoms with van der Waals surface area (Å²) in [5.74, 6) is 0.780. The van der Waals surface area contributed by atoms with Crippen LogP contribution in [0.1, 0.15) is 34.0 Å². The van der Waals surface area contributed by atoms with Crippen LogP contribution in [0.25, 0.3) is 11.1 Å². The number of pyridine rings is 1. The number of aliphatic hydroxyl groups is 1. The highest BCUT2D eigenvalue weighted by molar-refractivity contribution is 5.97. The smallest absolute Gasteiger partial charge is 0.251 e. The zero-order valence-electron chi connectivity index (χ0n) is 19.8. The molecule has 1 aliphatic heterocycles. The van der Waals surface area contributed by atoms with Gasteiger partial charge in [-0.3, -0.25) is 4.79 Å². The Hall–Kier alpha value is -4.57. The summed E-state index contributed by atoms with van der Waals surface area (Å²) in [4.78, 5) is 21.1. The molecule has 10 nitrogen and oxygen atoms in total. The quantitative estimate of drug-likeness (QED) is 0.269. The molecule has 2 aromatic heterocycles. The fraction of sp³-hybridized carbons (Fsp3) is 0.192. The van der Waals surface area contributed by atoms with Crippen molar-refractivity contribution in [1.29, 1.82) is 0 Å². The maximum absolute atomic E-state index is 12.7. The summed E-state index contributed by atoms with van der Waals surface area (Å²) in [6.45, 7) is 0.0353. The minimum Gasteiger partial charge on any atom is -0.508 e. The molecule has 0 spiro atoms. The Bertz CT molecular complexity index is 1420. The Morgan fingerprint density at radius 1 is 1.14 bits per heavy atom. The monoisotopic (exact) mass is 486 g/mol. The van der Waals surface area contributed by atoms with Crippen LogP contribution in [0.4, 0.5) is 11.4 Å². The number of aromatic nitrogens is 3. The second kappa shape index (κ2) is 9.59. The number of amides is 1. The molecule has 3 heterocycles. The highest BCUT2D eigenvalue weighted by atomic mass is 16.5. The van der Waals surface area contributed by atoms with Crippen molar-refractivity contribution in [3.63, 3.8) is 0 Å². The lowest BCUT2D eigenvalue weighted by Crippen LogP contribution is -2.29. The van der Waals surface area contributed by atoms with Gasteiger partial charge in [-0.15, -0.1) is 0 Å². The molecule has 5 N–H and O–H groups in total. The summed E-state index contributed by atoms with van der Waals surface area (Å²) in [5.41, 5.74) is 4.25. The molecule has 0 saturated carbocycles. The molecule has 2 atom stereocenters. The minimum absolute atomic E-state index is 0.0353. The molecule has 184 valence electrons. The normalized spacial score (nSPS) is 14.9. The molecule has 4 aromatic rings. The Labute approximate surface area is 207 Å². The summed E-state index contributed by atoms with van der Waals surface area (Å²) in [6.07, 6.45) is 3.66. The molecule has 36 heavy (non-hydrogen) atoms. The van der Waals surface area contributed by atoms with E-state index in [0.717, 1.165) is 22.5 Å². The van der Waals surface area contributed by atoms with Gasteiger partial charge in [-0.25, -0.2) is 9.97 Å². The summed E-state index contributed by atoms with van der Waals surface area (Å²) in [6, 6.07) is 14.3. The zero-order valence-corrected chi connectivity index (χ0v) is 19.8. The number of aromatic hydroxyl groups is 1. The fourth-order valence-electron chi connectivity index (χ4n) is 4.24. The lowest BCUT2D eigenvalue weighted by molar-refractivity contribution is 0.0909. The van der Waals surface area contributed by atoms with Crippen LogP contribution < -0.4 is 20.7 Å². The first-order valence-electron chi connectivity index (χ1n) is 11.4. The third kappa shape index (κ3) is 4.41. The SMILES string of the molecule is COc1ncccc1-c1ccc(O)c(C2Nc3ccc(C(=O)NCC(O)c4nccn4C)cc3N2)c1. The van der Waals surface area contributed by atoms with E-state index in [-0.39, 0.29) is 18.2 Å². The van der Waals surface area contributed by atoms with E-state index in [9.17, 15) is 15.0 Å². The van der Waals surface area contributed by atoms with Crippen molar-refractivity contribution in [3.05, 3.63) is 84.1 Å². The number of nitrogens with one attached hydrogen (secondary N) is 3. The van der Waals surface area contributed by atoms with Gasteiger partial charge in [-0.05, 0) is 48.0 Å². The summed E-state index contributed by atoms with van der Waals surface area (Å²) in [7, 11) is 3.35. The number of carbonyl (C=O) groups is 1. The number of nitrogens with zero attached hydrogens (tertiary/aromatic N) is 3. The van der Waals surface area contributed by atoms with Gasteiger partial charge in [-0.2, -0.15) is 0 Å². The first-order valence-corrected chi connectivity index (χ1v) is 11.4. The zero-order chi connectivity index (χ0) is 25.2. The van der Waals surface area contributed by atoms with Gasteiger partial charge < -0.3 is 35.5 Å². The van der Waals surface area contributed by atoms with Gasteiger partial charge in [-0.1, -0.05) is 6.07 Å². The van der Waals surface area contributed by atoms with Crippen LogP contribution in [-0.2, 0) is 7.05 Å². The summed E-state index contributed by atoms with van der Waals surface area (Å²) < 4.78 is 7.08. The maximum atomic E-state index is 12.7. The number of ether oxygens (including phenoxy) is 1. The number of aliphatic hydroxyl groups excluding tert-OH is 1. The van der Waals surface area contributed by atoms with E-state index in [1.807, 2.05) is 24.3 Å². The first kappa shape index (κ1) is 23.2. The molecule has 10 heteroatoms. The Balaban J connectivity index is 1.31. The third-order valence-electron chi connectivity index (χ3n) is 6.11. The molecular weight excluding hydrogens is 460 g/mol. The number of methoxy groups -OCH3 is 1. The summed E-state index contributed by atoms with van der Waals surface area (Å²) in [5, 5.41) is 30.3. The average molecular weight is 487 g/mol. The third-order valence-corrected chi connectivity index (χ3v) is 6.11. The number of fused-ring (bicyclic) bond motifs is 1. The van der Waals surface area contributed by atoms with Crippen LogP contribution in [0.5, 0.6) is 11.6 Å². The average Bonchev–Trinajstić information content (AvgIpc) is 3.52. The van der Waals surface area contributed by atoms with Gasteiger partial charge in [0.15, 0.2) is 0 Å². The number of aryl methyl sites for hydroxylation is 1. The number of phenols is 1. The maximum Gasteiger partial charge on any atom is 0.251 e. The van der Waals surface area contributed by atoms with Crippen molar-refractivity contribution < 1.29 is 19.7 Å². The number of hydrogen-bond acceptors (Lipinski definition) is 8. The number of hydrogen-bond donors (Lipinski definition) is 5. The molecule has 5 rings (SSSR count). The van der Waals surface area contributed by atoms with Crippen LogP contribution >= 0.6 is 0 Å². The van der Waals surface area contributed by atoms with Crippen molar-refractivity contribution >= 4 is 17.3 Å². The Morgan fingerprint density at radius 2 is 1.97 bits per heavy atom.